The maximum Gasteiger partial charge on any atom is 0.343 e. The molecule has 2 atom stereocenters. The van der Waals surface area contributed by atoms with Gasteiger partial charge in [-0.2, -0.15) is 5.10 Å². The summed E-state index contributed by atoms with van der Waals surface area (Å²) in [6.45, 7) is 2.43. The lowest BCUT2D eigenvalue weighted by Gasteiger charge is -2.30. The van der Waals surface area contributed by atoms with Crippen LogP contribution in [0.15, 0.2) is 68.9 Å². The smallest absolute Gasteiger partial charge is 0.343 e. The molecule has 6 heteroatoms. The van der Waals surface area contributed by atoms with Crippen molar-refractivity contribution >= 4 is 16.7 Å². The van der Waals surface area contributed by atoms with E-state index >= 15 is 0 Å². The minimum atomic E-state index is -0.557. The van der Waals surface area contributed by atoms with Gasteiger partial charge in [0, 0.05) is 24.1 Å². The highest BCUT2D eigenvalue weighted by molar-refractivity contribution is 5.88. The van der Waals surface area contributed by atoms with E-state index in [2.05, 4.69) is 5.10 Å². The summed E-state index contributed by atoms with van der Waals surface area (Å²) in [6, 6.07) is 16.6. The molecule has 0 aliphatic rings. The molecule has 3 aromatic rings. The summed E-state index contributed by atoms with van der Waals surface area (Å²) in [4.78, 5) is 15.0. The predicted molar refractivity (Wildman–Crippen MR) is 112 cm³/mol. The number of hydrogen-bond acceptors (Lipinski definition) is 6. The molecule has 1 aromatic heterocycles. The Morgan fingerprint density at radius 3 is 2.43 bits per heavy atom. The van der Waals surface area contributed by atoms with Crippen LogP contribution >= 0.6 is 0 Å². The van der Waals surface area contributed by atoms with E-state index in [4.69, 9.17) is 10.3 Å². The Bertz CT molecular complexity index is 1040. The van der Waals surface area contributed by atoms with Gasteiger partial charge in [-0.1, -0.05) is 42.5 Å². The number of hydrazone groups is 1. The van der Waals surface area contributed by atoms with Gasteiger partial charge in [0.05, 0.1) is 10.9 Å². The highest BCUT2D eigenvalue weighted by Gasteiger charge is 2.33. The summed E-state index contributed by atoms with van der Waals surface area (Å²) < 4.78 is 5.54. The third kappa shape index (κ3) is 3.77. The number of aromatic hydroxyl groups is 1. The molecule has 0 amide bonds. The van der Waals surface area contributed by atoms with Crippen LogP contribution in [-0.2, 0) is 0 Å². The van der Waals surface area contributed by atoms with Crippen molar-refractivity contribution in [3.05, 3.63) is 76.1 Å². The topological polar surface area (TPSA) is 92.1 Å². The van der Waals surface area contributed by atoms with Crippen molar-refractivity contribution in [3.8, 4) is 5.75 Å². The number of nitrogens with zero attached hydrogens (tertiary/aromatic N) is 2. The monoisotopic (exact) mass is 379 g/mol. The summed E-state index contributed by atoms with van der Waals surface area (Å²) in [6.07, 6.45) is 0. The molecular formula is C22H25N3O3. The van der Waals surface area contributed by atoms with E-state index in [9.17, 15) is 9.90 Å². The number of hydrogen-bond donors (Lipinski definition) is 2. The lowest BCUT2D eigenvalue weighted by atomic mass is 9.78. The van der Waals surface area contributed by atoms with E-state index in [1.165, 1.54) is 0 Å². The predicted octanol–water partition coefficient (Wildman–Crippen LogP) is 3.14. The first-order valence-corrected chi connectivity index (χ1v) is 9.12. The Balaban J connectivity index is 2.32. The molecule has 0 unspecified atom stereocenters. The van der Waals surface area contributed by atoms with Gasteiger partial charge in [0.1, 0.15) is 11.3 Å². The van der Waals surface area contributed by atoms with E-state index in [0.717, 1.165) is 5.56 Å². The first-order chi connectivity index (χ1) is 13.4. The van der Waals surface area contributed by atoms with E-state index < -0.39 is 11.5 Å². The molecule has 2 aromatic carbocycles. The lowest BCUT2D eigenvalue weighted by Crippen LogP contribution is -2.34. The van der Waals surface area contributed by atoms with Crippen LogP contribution in [-0.4, -0.2) is 36.4 Å². The quantitative estimate of drug-likeness (QED) is 0.297. The van der Waals surface area contributed by atoms with Crippen molar-refractivity contribution < 1.29 is 9.52 Å². The van der Waals surface area contributed by atoms with Gasteiger partial charge < -0.3 is 20.3 Å². The average Bonchev–Trinajstić information content (AvgIpc) is 2.69. The van der Waals surface area contributed by atoms with Crippen LogP contribution in [0.5, 0.6) is 5.75 Å². The van der Waals surface area contributed by atoms with Crippen molar-refractivity contribution in [2.24, 2.45) is 16.9 Å². The van der Waals surface area contributed by atoms with E-state index in [1.807, 2.05) is 56.3 Å². The third-order valence-corrected chi connectivity index (χ3v) is 4.99. The fourth-order valence-corrected chi connectivity index (χ4v) is 3.65. The molecule has 3 rings (SSSR count). The molecule has 0 fully saturated rings. The summed E-state index contributed by atoms with van der Waals surface area (Å²) >= 11 is 0. The van der Waals surface area contributed by atoms with Crippen LogP contribution in [0.3, 0.4) is 0 Å². The zero-order valence-corrected chi connectivity index (χ0v) is 16.3. The second-order valence-electron chi connectivity index (χ2n) is 7.18. The van der Waals surface area contributed by atoms with Crippen molar-refractivity contribution in [2.45, 2.75) is 12.8 Å². The first kappa shape index (κ1) is 19.6. The number of rotatable bonds is 6. The SMILES string of the molecule is C/C(=N/N)[C@H](CN(C)C)[C@@H](c1ccccc1)c1c(O)c2ccccc2oc1=O. The van der Waals surface area contributed by atoms with Crippen LogP contribution < -0.4 is 11.5 Å². The molecule has 0 spiro atoms. The molecule has 0 radical (unpaired) electrons. The first-order valence-electron chi connectivity index (χ1n) is 9.12. The van der Waals surface area contributed by atoms with Crippen molar-refractivity contribution in [3.63, 3.8) is 0 Å². The Kier molecular flexibility index (Phi) is 5.80. The normalized spacial score (nSPS) is 14.4. The van der Waals surface area contributed by atoms with Gasteiger partial charge in [0.25, 0.3) is 0 Å². The number of benzene rings is 2. The number of nitrogens with two attached hydrogens (primary N) is 1. The van der Waals surface area contributed by atoms with E-state index in [-0.39, 0.29) is 17.2 Å². The molecule has 28 heavy (non-hydrogen) atoms. The Hall–Kier alpha value is -3.12. The van der Waals surface area contributed by atoms with Crippen LogP contribution in [0.25, 0.3) is 11.0 Å². The summed E-state index contributed by atoms with van der Waals surface area (Å²) in [7, 11) is 3.89. The van der Waals surface area contributed by atoms with Crippen LogP contribution in [0.1, 0.15) is 24.0 Å². The molecule has 146 valence electrons. The molecule has 3 N–H and O–H groups in total. The standard InChI is InChI=1S/C22H25N3O3/c1-14(24-23)17(13-25(2)3)19(15-9-5-4-6-10-15)20-21(26)16-11-7-8-12-18(16)28-22(20)27/h4-12,17,19,26H,13,23H2,1-3H3/b24-14-/t17-,19+/m0/s1. The molecular weight excluding hydrogens is 354 g/mol. The van der Waals surface area contributed by atoms with Crippen LogP contribution in [0, 0.1) is 5.92 Å². The highest BCUT2D eigenvalue weighted by atomic mass is 16.4. The summed E-state index contributed by atoms with van der Waals surface area (Å²) in [5.74, 6) is 4.87. The average molecular weight is 379 g/mol. The van der Waals surface area contributed by atoms with E-state index in [0.29, 0.717) is 23.2 Å². The van der Waals surface area contributed by atoms with E-state index in [1.54, 1.807) is 24.3 Å². The Morgan fingerprint density at radius 1 is 1.14 bits per heavy atom. The zero-order valence-electron chi connectivity index (χ0n) is 16.3. The Morgan fingerprint density at radius 2 is 1.79 bits per heavy atom. The summed E-state index contributed by atoms with van der Waals surface area (Å²) in [5, 5.41) is 15.5. The van der Waals surface area contributed by atoms with Gasteiger partial charge in [-0.25, -0.2) is 4.79 Å². The molecule has 0 aliphatic carbocycles. The minimum absolute atomic E-state index is 0.0609. The van der Waals surface area contributed by atoms with Gasteiger partial charge in [0.15, 0.2) is 0 Å². The van der Waals surface area contributed by atoms with Gasteiger partial charge in [0.2, 0.25) is 0 Å². The van der Waals surface area contributed by atoms with Gasteiger partial charge in [-0.3, -0.25) is 0 Å². The summed E-state index contributed by atoms with van der Waals surface area (Å²) in [5.41, 5.74) is 1.59. The minimum Gasteiger partial charge on any atom is -0.507 e. The zero-order chi connectivity index (χ0) is 20.3. The third-order valence-electron chi connectivity index (χ3n) is 4.99. The Labute approximate surface area is 163 Å². The highest BCUT2D eigenvalue weighted by Crippen LogP contribution is 2.39. The fraction of sp³-hybridized carbons (Fsp3) is 0.273. The van der Waals surface area contributed by atoms with Gasteiger partial charge in [-0.15, -0.1) is 0 Å². The van der Waals surface area contributed by atoms with Crippen LogP contribution in [0.2, 0.25) is 0 Å². The molecule has 0 aliphatic heterocycles. The second kappa shape index (κ2) is 8.27. The molecule has 1 heterocycles. The van der Waals surface area contributed by atoms with Crippen molar-refractivity contribution in [1.82, 2.24) is 4.90 Å². The van der Waals surface area contributed by atoms with Gasteiger partial charge in [-0.05, 0) is 38.7 Å². The van der Waals surface area contributed by atoms with Gasteiger partial charge >= 0.3 is 5.63 Å². The molecule has 0 saturated carbocycles. The van der Waals surface area contributed by atoms with Crippen molar-refractivity contribution in [2.75, 3.05) is 20.6 Å². The lowest BCUT2D eigenvalue weighted by molar-refractivity contribution is 0.346. The van der Waals surface area contributed by atoms with Crippen LogP contribution in [0.4, 0.5) is 0 Å². The maximum absolute atomic E-state index is 13.0. The molecule has 6 nitrogen and oxygen atoms in total. The second-order valence-corrected chi connectivity index (χ2v) is 7.18. The number of fused-ring (bicyclic) bond motifs is 1. The maximum atomic E-state index is 13.0. The fourth-order valence-electron chi connectivity index (χ4n) is 3.65. The molecule has 0 bridgehead atoms. The van der Waals surface area contributed by atoms with Crippen molar-refractivity contribution in [1.29, 1.82) is 0 Å². The largest absolute Gasteiger partial charge is 0.507 e. The molecule has 0 saturated heterocycles. The number of para-hydroxylation sites is 1.